The molecule has 2 atom stereocenters. The summed E-state index contributed by atoms with van der Waals surface area (Å²) < 4.78 is 15.4. The van der Waals surface area contributed by atoms with E-state index in [2.05, 4.69) is 14.7 Å². The number of fused-ring (bicyclic) bond motifs is 2. The molecule has 2 aliphatic heterocycles. The second kappa shape index (κ2) is 6.62. The zero-order valence-electron chi connectivity index (χ0n) is 14.6. The van der Waals surface area contributed by atoms with Crippen LogP contribution in [0.15, 0.2) is 36.7 Å². The van der Waals surface area contributed by atoms with E-state index in [0.717, 1.165) is 31.2 Å². The maximum atomic E-state index is 13.4. The number of aromatic nitrogens is 2. The summed E-state index contributed by atoms with van der Waals surface area (Å²) >= 11 is 0. The highest BCUT2D eigenvalue weighted by atomic mass is 19.1. The van der Waals surface area contributed by atoms with Gasteiger partial charge >= 0.3 is 0 Å². The topological polar surface area (TPSA) is 38.1 Å². The van der Waals surface area contributed by atoms with Gasteiger partial charge in [-0.1, -0.05) is 12.1 Å². The Morgan fingerprint density at radius 1 is 1.24 bits per heavy atom. The first-order chi connectivity index (χ1) is 12.1. The molecule has 0 saturated carbocycles. The monoisotopic (exact) mass is 341 g/mol. The number of carbonyl (C=O) groups excluding carboxylic acids is 1. The standard InChI is InChI=1S/C20H24FN3O/c1-14-11-15(3-7-19(14)21)4-8-20(25)24-16-5-6-17(24)13-18(12-16)23-10-2-9-22-23/h2-3,7,9-11,16-18H,4-6,8,12-13H2,1H3. The Labute approximate surface area is 147 Å². The maximum absolute atomic E-state index is 13.4. The molecule has 2 fully saturated rings. The summed E-state index contributed by atoms with van der Waals surface area (Å²) in [6.45, 7) is 1.76. The lowest BCUT2D eigenvalue weighted by Crippen LogP contribution is -2.47. The summed E-state index contributed by atoms with van der Waals surface area (Å²) in [5.41, 5.74) is 1.68. The average Bonchev–Trinajstić information content (AvgIpc) is 3.22. The highest BCUT2D eigenvalue weighted by Gasteiger charge is 2.43. The molecule has 1 aromatic carbocycles. The van der Waals surface area contributed by atoms with Gasteiger partial charge in [-0.3, -0.25) is 9.48 Å². The number of benzene rings is 1. The van der Waals surface area contributed by atoms with Crippen molar-refractivity contribution in [1.82, 2.24) is 14.7 Å². The summed E-state index contributed by atoms with van der Waals surface area (Å²) in [6.07, 6.45) is 9.23. The van der Waals surface area contributed by atoms with Crippen LogP contribution in [-0.4, -0.2) is 32.7 Å². The van der Waals surface area contributed by atoms with E-state index in [0.29, 0.717) is 36.5 Å². The van der Waals surface area contributed by atoms with Gasteiger partial charge in [-0.25, -0.2) is 4.39 Å². The van der Waals surface area contributed by atoms with Crippen LogP contribution in [0.25, 0.3) is 0 Å². The van der Waals surface area contributed by atoms with Crippen LogP contribution in [0.1, 0.15) is 49.3 Å². The van der Waals surface area contributed by atoms with Gasteiger partial charge in [0.05, 0.1) is 6.04 Å². The normalized spacial score (nSPS) is 25.4. The molecule has 1 aromatic heterocycles. The number of hydrogen-bond donors (Lipinski definition) is 0. The molecule has 0 N–H and O–H groups in total. The van der Waals surface area contributed by atoms with Gasteiger partial charge < -0.3 is 4.90 Å². The van der Waals surface area contributed by atoms with Gasteiger partial charge in [0, 0.05) is 30.9 Å². The van der Waals surface area contributed by atoms with Gasteiger partial charge in [-0.15, -0.1) is 0 Å². The Morgan fingerprint density at radius 3 is 2.64 bits per heavy atom. The van der Waals surface area contributed by atoms with Crippen molar-refractivity contribution < 1.29 is 9.18 Å². The molecule has 2 aromatic rings. The molecule has 5 heteroatoms. The van der Waals surface area contributed by atoms with Crippen molar-refractivity contribution in [3.05, 3.63) is 53.6 Å². The smallest absolute Gasteiger partial charge is 0.223 e. The van der Waals surface area contributed by atoms with Crippen LogP contribution in [0, 0.1) is 12.7 Å². The predicted octanol–water partition coefficient (Wildman–Crippen LogP) is 3.66. The first kappa shape index (κ1) is 16.3. The fraction of sp³-hybridized carbons (Fsp3) is 0.500. The van der Waals surface area contributed by atoms with Crippen molar-refractivity contribution in [2.24, 2.45) is 0 Å². The first-order valence-corrected chi connectivity index (χ1v) is 9.17. The molecular formula is C20H24FN3O. The number of halogens is 1. The maximum Gasteiger partial charge on any atom is 0.223 e. The molecule has 132 valence electrons. The van der Waals surface area contributed by atoms with Crippen molar-refractivity contribution in [2.75, 3.05) is 0 Å². The molecule has 0 aliphatic carbocycles. The second-order valence-electron chi connectivity index (χ2n) is 7.38. The van der Waals surface area contributed by atoms with E-state index >= 15 is 0 Å². The van der Waals surface area contributed by atoms with Crippen LogP contribution in [-0.2, 0) is 11.2 Å². The summed E-state index contributed by atoms with van der Waals surface area (Å²) in [4.78, 5) is 14.9. The Bertz CT molecular complexity index is 744. The third kappa shape index (κ3) is 3.20. The van der Waals surface area contributed by atoms with Crippen LogP contribution in [0.5, 0.6) is 0 Å². The van der Waals surface area contributed by atoms with E-state index < -0.39 is 0 Å². The van der Waals surface area contributed by atoms with E-state index in [9.17, 15) is 9.18 Å². The zero-order valence-corrected chi connectivity index (χ0v) is 14.6. The zero-order chi connectivity index (χ0) is 17.4. The predicted molar refractivity (Wildman–Crippen MR) is 93.6 cm³/mol. The Morgan fingerprint density at radius 2 is 2.00 bits per heavy atom. The number of hydrogen-bond acceptors (Lipinski definition) is 2. The SMILES string of the molecule is Cc1cc(CCC(=O)N2C3CCC2CC(n2cccn2)C3)ccc1F. The summed E-state index contributed by atoms with van der Waals surface area (Å²) in [5, 5.41) is 4.38. The van der Waals surface area contributed by atoms with Crippen LogP contribution in [0.3, 0.4) is 0 Å². The van der Waals surface area contributed by atoms with Gasteiger partial charge in [0.25, 0.3) is 0 Å². The number of aryl methyl sites for hydroxylation is 2. The minimum absolute atomic E-state index is 0.186. The van der Waals surface area contributed by atoms with Crippen molar-refractivity contribution in [3.63, 3.8) is 0 Å². The highest BCUT2D eigenvalue weighted by Crippen LogP contribution is 2.40. The number of carbonyl (C=O) groups is 1. The minimum Gasteiger partial charge on any atom is -0.337 e. The first-order valence-electron chi connectivity index (χ1n) is 9.17. The van der Waals surface area contributed by atoms with Gasteiger partial charge in [0.1, 0.15) is 5.82 Å². The number of rotatable bonds is 4. The van der Waals surface area contributed by atoms with E-state index in [1.807, 2.05) is 24.5 Å². The third-order valence-electron chi connectivity index (χ3n) is 5.75. The Kier molecular flexibility index (Phi) is 4.32. The third-order valence-corrected chi connectivity index (χ3v) is 5.75. The van der Waals surface area contributed by atoms with Gasteiger partial charge in [-0.2, -0.15) is 5.10 Å². The fourth-order valence-electron chi connectivity index (χ4n) is 4.51. The molecule has 3 heterocycles. The van der Waals surface area contributed by atoms with Gasteiger partial charge in [-0.05, 0) is 62.3 Å². The number of amides is 1. The highest BCUT2D eigenvalue weighted by molar-refractivity contribution is 5.77. The molecule has 2 unspecified atom stereocenters. The van der Waals surface area contributed by atoms with E-state index in [1.165, 1.54) is 6.07 Å². The molecular weight excluding hydrogens is 317 g/mol. The summed E-state index contributed by atoms with van der Waals surface area (Å²) in [6, 6.07) is 8.19. The van der Waals surface area contributed by atoms with Crippen LogP contribution >= 0.6 is 0 Å². The van der Waals surface area contributed by atoms with E-state index in [-0.39, 0.29) is 11.7 Å². The van der Waals surface area contributed by atoms with Crippen molar-refractivity contribution in [3.8, 4) is 0 Å². The van der Waals surface area contributed by atoms with Crippen molar-refractivity contribution in [1.29, 1.82) is 0 Å². The Balaban J connectivity index is 1.39. The van der Waals surface area contributed by atoms with Crippen LogP contribution < -0.4 is 0 Å². The van der Waals surface area contributed by atoms with E-state index in [4.69, 9.17) is 0 Å². The Hall–Kier alpha value is -2.17. The molecule has 4 rings (SSSR count). The van der Waals surface area contributed by atoms with Crippen molar-refractivity contribution in [2.45, 2.75) is 63.6 Å². The molecule has 2 bridgehead atoms. The number of nitrogens with zero attached hydrogens (tertiary/aromatic N) is 3. The van der Waals surface area contributed by atoms with Gasteiger partial charge in [0.15, 0.2) is 0 Å². The summed E-state index contributed by atoms with van der Waals surface area (Å²) in [7, 11) is 0. The average molecular weight is 341 g/mol. The molecule has 2 aliphatic rings. The fourth-order valence-corrected chi connectivity index (χ4v) is 4.51. The minimum atomic E-state index is -0.186. The molecule has 4 nitrogen and oxygen atoms in total. The van der Waals surface area contributed by atoms with Crippen LogP contribution in [0.2, 0.25) is 0 Å². The molecule has 1 amide bonds. The molecule has 25 heavy (non-hydrogen) atoms. The molecule has 2 saturated heterocycles. The lowest BCUT2D eigenvalue weighted by Gasteiger charge is -2.39. The quantitative estimate of drug-likeness (QED) is 0.851. The van der Waals surface area contributed by atoms with E-state index in [1.54, 1.807) is 13.0 Å². The van der Waals surface area contributed by atoms with Crippen LogP contribution in [0.4, 0.5) is 4.39 Å². The second-order valence-corrected chi connectivity index (χ2v) is 7.38. The lowest BCUT2D eigenvalue weighted by atomic mass is 9.96. The molecule has 0 radical (unpaired) electrons. The lowest BCUT2D eigenvalue weighted by molar-refractivity contribution is -0.136. The largest absolute Gasteiger partial charge is 0.337 e. The van der Waals surface area contributed by atoms with Crippen molar-refractivity contribution >= 4 is 5.91 Å². The molecule has 0 spiro atoms. The summed E-state index contributed by atoms with van der Waals surface area (Å²) in [5.74, 6) is 0.0576. The van der Waals surface area contributed by atoms with Gasteiger partial charge in [0.2, 0.25) is 5.91 Å². The number of piperidine rings is 1.